The molecule has 1 aromatic heterocycles. The number of fused-ring (bicyclic) bond motifs is 1. The van der Waals surface area contributed by atoms with E-state index in [1.807, 2.05) is 0 Å². The molecule has 4 rings (SSSR count). The summed E-state index contributed by atoms with van der Waals surface area (Å²) in [6, 6.07) is 9.52. The average molecular weight is 415 g/mol. The van der Waals surface area contributed by atoms with Crippen molar-refractivity contribution < 1.29 is 18.4 Å². The van der Waals surface area contributed by atoms with Gasteiger partial charge in [-0.15, -0.1) is 0 Å². The number of amides is 2. The lowest BCUT2D eigenvalue weighted by Gasteiger charge is -2.22. The summed E-state index contributed by atoms with van der Waals surface area (Å²) in [6.45, 7) is -0.0171. The van der Waals surface area contributed by atoms with E-state index in [1.54, 1.807) is 6.07 Å². The number of halogens is 2. The molecule has 0 aliphatic heterocycles. The van der Waals surface area contributed by atoms with Crippen molar-refractivity contribution in [2.24, 2.45) is 5.73 Å². The van der Waals surface area contributed by atoms with E-state index in [2.05, 4.69) is 0 Å². The van der Waals surface area contributed by atoms with E-state index in [0.717, 1.165) is 25.0 Å². The minimum Gasteiger partial charge on any atom is -0.451 e. The summed E-state index contributed by atoms with van der Waals surface area (Å²) in [4.78, 5) is 38.1. The largest absolute Gasteiger partial charge is 0.451 e. The molecule has 2 amide bonds. The quantitative estimate of drug-likeness (QED) is 0.691. The maximum absolute atomic E-state index is 14.4. The topological polar surface area (TPSA) is 93.6 Å². The van der Waals surface area contributed by atoms with Crippen LogP contribution in [0, 0.1) is 5.82 Å². The number of rotatable bonds is 5. The average Bonchev–Trinajstić information content (AvgIpc) is 3.52. The van der Waals surface area contributed by atoms with Gasteiger partial charge < -0.3 is 15.1 Å². The lowest BCUT2D eigenvalue weighted by atomic mass is 10.1. The van der Waals surface area contributed by atoms with Gasteiger partial charge in [0.1, 0.15) is 11.4 Å². The summed E-state index contributed by atoms with van der Waals surface area (Å²) in [7, 11) is 0. The first kappa shape index (κ1) is 19.1. The van der Waals surface area contributed by atoms with Crippen LogP contribution in [0.2, 0.25) is 5.02 Å². The predicted molar refractivity (Wildman–Crippen MR) is 105 cm³/mol. The maximum atomic E-state index is 14.4. The van der Waals surface area contributed by atoms with Crippen molar-refractivity contribution >= 4 is 34.4 Å². The molecule has 1 heterocycles. The van der Waals surface area contributed by atoms with Gasteiger partial charge in [0.15, 0.2) is 11.2 Å². The summed E-state index contributed by atoms with van der Waals surface area (Å²) in [5.74, 6) is -1.98. The molecule has 1 fully saturated rings. The van der Waals surface area contributed by atoms with Crippen molar-refractivity contribution in [1.29, 1.82) is 0 Å². The lowest BCUT2D eigenvalue weighted by Crippen LogP contribution is -2.33. The monoisotopic (exact) mass is 414 g/mol. The van der Waals surface area contributed by atoms with Crippen LogP contribution in [0.5, 0.6) is 0 Å². The Hall–Kier alpha value is -3.19. The zero-order valence-electron chi connectivity index (χ0n) is 15.2. The first-order chi connectivity index (χ1) is 13.8. The molecule has 29 heavy (non-hydrogen) atoms. The number of nitrogens with two attached hydrogens (primary N) is 1. The van der Waals surface area contributed by atoms with E-state index in [4.69, 9.17) is 21.8 Å². The molecule has 0 unspecified atom stereocenters. The third-order valence-corrected chi connectivity index (χ3v) is 5.06. The molecule has 0 saturated heterocycles. The molecule has 1 aliphatic carbocycles. The SMILES string of the molecule is NC(=O)c1ccc(CN(C(=O)c2cc(=O)c3cc(Cl)ccc3o2)C2CC2)c(F)c1. The van der Waals surface area contributed by atoms with E-state index in [0.29, 0.717) is 5.02 Å². The highest BCUT2D eigenvalue weighted by molar-refractivity contribution is 6.31. The van der Waals surface area contributed by atoms with Gasteiger partial charge in [0.2, 0.25) is 5.91 Å². The molecular weight excluding hydrogens is 399 g/mol. The Morgan fingerprint density at radius 3 is 2.59 bits per heavy atom. The number of carbonyl (C=O) groups is 2. The number of hydrogen-bond acceptors (Lipinski definition) is 4. The molecule has 0 bridgehead atoms. The highest BCUT2D eigenvalue weighted by Gasteiger charge is 2.35. The predicted octanol–water partition coefficient (Wildman–Crippen LogP) is 3.49. The van der Waals surface area contributed by atoms with Crippen LogP contribution in [0.15, 0.2) is 51.7 Å². The van der Waals surface area contributed by atoms with Crippen LogP contribution in [-0.4, -0.2) is 22.8 Å². The van der Waals surface area contributed by atoms with Crippen LogP contribution < -0.4 is 11.2 Å². The second-order valence-electron chi connectivity index (χ2n) is 6.95. The zero-order chi connectivity index (χ0) is 20.7. The normalized spacial score (nSPS) is 13.4. The zero-order valence-corrected chi connectivity index (χ0v) is 15.9. The van der Waals surface area contributed by atoms with Gasteiger partial charge in [0.25, 0.3) is 5.91 Å². The molecule has 3 aromatic rings. The molecule has 8 heteroatoms. The Morgan fingerprint density at radius 1 is 1.17 bits per heavy atom. The second-order valence-corrected chi connectivity index (χ2v) is 7.39. The third-order valence-electron chi connectivity index (χ3n) is 4.83. The number of benzene rings is 2. The summed E-state index contributed by atoms with van der Waals surface area (Å²) >= 11 is 5.91. The standard InChI is InChI=1S/C21H16ClFN2O4/c22-13-3-6-18-15(8-13)17(26)9-19(29-18)21(28)25(14-4-5-14)10-12-2-1-11(20(24)27)7-16(12)23/h1-3,6-9,14H,4-5,10H2,(H2,24,27). The van der Waals surface area contributed by atoms with Gasteiger partial charge >= 0.3 is 0 Å². The molecule has 148 valence electrons. The van der Waals surface area contributed by atoms with Crippen molar-refractivity contribution in [3.8, 4) is 0 Å². The van der Waals surface area contributed by atoms with Crippen LogP contribution in [-0.2, 0) is 6.54 Å². The van der Waals surface area contributed by atoms with Gasteiger partial charge in [0.05, 0.1) is 5.39 Å². The fourth-order valence-electron chi connectivity index (χ4n) is 3.14. The minimum atomic E-state index is -0.733. The van der Waals surface area contributed by atoms with E-state index in [-0.39, 0.29) is 45.9 Å². The van der Waals surface area contributed by atoms with Crippen LogP contribution in [0.25, 0.3) is 11.0 Å². The van der Waals surface area contributed by atoms with Crippen molar-refractivity contribution in [3.63, 3.8) is 0 Å². The molecule has 0 atom stereocenters. The second kappa shape index (κ2) is 7.33. The fraction of sp³-hybridized carbons (Fsp3) is 0.190. The molecule has 2 aromatic carbocycles. The van der Waals surface area contributed by atoms with E-state index >= 15 is 0 Å². The van der Waals surface area contributed by atoms with Gasteiger partial charge in [0, 0.05) is 34.8 Å². The first-order valence-electron chi connectivity index (χ1n) is 8.96. The van der Waals surface area contributed by atoms with Crippen LogP contribution in [0.1, 0.15) is 39.3 Å². The Morgan fingerprint density at radius 2 is 1.93 bits per heavy atom. The Labute approximate surface area is 169 Å². The van der Waals surface area contributed by atoms with Crippen molar-refractivity contribution in [2.45, 2.75) is 25.4 Å². The van der Waals surface area contributed by atoms with Crippen LogP contribution >= 0.6 is 11.6 Å². The van der Waals surface area contributed by atoms with Gasteiger partial charge in [-0.05, 0) is 43.2 Å². The summed E-state index contributed by atoms with van der Waals surface area (Å²) in [5.41, 5.74) is 5.32. The van der Waals surface area contributed by atoms with Crippen molar-refractivity contribution in [2.75, 3.05) is 0 Å². The van der Waals surface area contributed by atoms with Crippen molar-refractivity contribution in [3.05, 3.63) is 80.4 Å². The fourth-order valence-corrected chi connectivity index (χ4v) is 3.31. The lowest BCUT2D eigenvalue weighted by molar-refractivity contribution is 0.0696. The number of hydrogen-bond donors (Lipinski definition) is 1. The summed E-state index contributed by atoms with van der Waals surface area (Å²) < 4.78 is 20.0. The highest BCUT2D eigenvalue weighted by atomic mass is 35.5. The van der Waals surface area contributed by atoms with Crippen molar-refractivity contribution in [1.82, 2.24) is 4.90 Å². The number of nitrogens with zero attached hydrogens (tertiary/aromatic N) is 1. The van der Waals surface area contributed by atoms with E-state index in [1.165, 1.54) is 29.2 Å². The smallest absolute Gasteiger partial charge is 0.290 e. The molecule has 0 spiro atoms. The van der Waals surface area contributed by atoms with E-state index < -0.39 is 17.6 Å². The summed E-state index contributed by atoms with van der Waals surface area (Å²) in [6.07, 6.45) is 1.56. The number of carbonyl (C=O) groups excluding carboxylic acids is 2. The number of primary amides is 1. The minimum absolute atomic E-state index is 0.0171. The molecule has 2 N–H and O–H groups in total. The Kier molecular flexibility index (Phi) is 4.84. The van der Waals surface area contributed by atoms with Crippen LogP contribution in [0.3, 0.4) is 0 Å². The highest BCUT2D eigenvalue weighted by Crippen LogP contribution is 2.31. The van der Waals surface area contributed by atoms with Gasteiger partial charge in [-0.2, -0.15) is 0 Å². The Balaban J connectivity index is 1.67. The maximum Gasteiger partial charge on any atom is 0.290 e. The molecule has 1 saturated carbocycles. The third kappa shape index (κ3) is 3.86. The molecular formula is C21H16ClFN2O4. The molecule has 6 nitrogen and oxygen atoms in total. The first-order valence-corrected chi connectivity index (χ1v) is 9.34. The molecule has 0 radical (unpaired) electrons. The van der Waals surface area contributed by atoms with Crippen LogP contribution in [0.4, 0.5) is 4.39 Å². The Bertz CT molecular complexity index is 1200. The van der Waals surface area contributed by atoms with E-state index in [9.17, 15) is 18.8 Å². The summed E-state index contributed by atoms with van der Waals surface area (Å²) in [5, 5.41) is 0.665. The van der Waals surface area contributed by atoms with Gasteiger partial charge in [-0.3, -0.25) is 14.4 Å². The molecule has 1 aliphatic rings. The van der Waals surface area contributed by atoms with Gasteiger partial charge in [-0.25, -0.2) is 4.39 Å². The van der Waals surface area contributed by atoms with Gasteiger partial charge in [-0.1, -0.05) is 17.7 Å².